The maximum atomic E-state index is 12.2. The highest BCUT2D eigenvalue weighted by molar-refractivity contribution is 7.98. The molecule has 27 heavy (non-hydrogen) atoms. The Labute approximate surface area is 165 Å². The summed E-state index contributed by atoms with van der Waals surface area (Å²) in [5.74, 6) is 0.564. The second kappa shape index (κ2) is 6.83. The molecule has 0 unspecified atom stereocenters. The second-order valence-corrected chi connectivity index (χ2v) is 9.55. The van der Waals surface area contributed by atoms with Crippen LogP contribution in [0, 0.1) is 0 Å². The first-order chi connectivity index (χ1) is 12.8. The van der Waals surface area contributed by atoms with Crippen molar-refractivity contribution >= 4 is 50.1 Å². The fourth-order valence-electron chi connectivity index (χ4n) is 2.54. The van der Waals surface area contributed by atoms with Gasteiger partial charge in [0.1, 0.15) is 11.2 Å². The van der Waals surface area contributed by atoms with Crippen molar-refractivity contribution in [3.63, 3.8) is 0 Å². The van der Waals surface area contributed by atoms with Crippen molar-refractivity contribution in [3.05, 3.63) is 53.4 Å². The van der Waals surface area contributed by atoms with E-state index in [1.165, 1.54) is 42.3 Å². The highest BCUT2D eigenvalue weighted by atomic mass is 35.5. The van der Waals surface area contributed by atoms with Crippen LogP contribution in [0.25, 0.3) is 16.7 Å². The lowest BCUT2D eigenvalue weighted by molar-refractivity contribution is 0.489. The summed E-state index contributed by atoms with van der Waals surface area (Å²) in [5.41, 5.74) is 2.71. The number of hydrogen-bond acceptors (Lipinski definition) is 6. The van der Waals surface area contributed by atoms with Gasteiger partial charge in [-0.25, -0.2) is 22.7 Å². The van der Waals surface area contributed by atoms with Gasteiger partial charge in [-0.1, -0.05) is 23.4 Å². The minimum absolute atomic E-state index is 0.182. The van der Waals surface area contributed by atoms with Gasteiger partial charge in [0.25, 0.3) is 5.22 Å². The molecule has 3 heterocycles. The van der Waals surface area contributed by atoms with Crippen LogP contribution >= 0.6 is 23.4 Å². The van der Waals surface area contributed by atoms with E-state index in [4.69, 9.17) is 16.0 Å². The molecule has 0 aliphatic rings. The molecule has 0 amide bonds. The molecule has 0 atom stereocenters. The van der Waals surface area contributed by atoms with E-state index in [0.29, 0.717) is 27.1 Å². The third-order valence-corrected chi connectivity index (χ3v) is 6.82. The van der Waals surface area contributed by atoms with E-state index in [-0.39, 0.29) is 4.90 Å². The first kappa shape index (κ1) is 18.3. The van der Waals surface area contributed by atoms with Crippen LogP contribution in [0.5, 0.6) is 0 Å². The maximum absolute atomic E-state index is 12.2. The van der Waals surface area contributed by atoms with Crippen LogP contribution in [-0.4, -0.2) is 41.2 Å². The summed E-state index contributed by atoms with van der Waals surface area (Å²) in [5, 5.41) is 1.10. The average Bonchev–Trinajstić information content (AvgIpc) is 3.21. The molecule has 3 aromatic heterocycles. The zero-order chi connectivity index (χ0) is 19.2. The molecule has 140 valence electrons. The van der Waals surface area contributed by atoms with E-state index < -0.39 is 10.0 Å². The summed E-state index contributed by atoms with van der Waals surface area (Å²) in [6, 6.07) is 8.30. The monoisotopic (exact) mass is 422 g/mol. The largest absolute Gasteiger partial charge is 0.431 e. The topological polar surface area (TPSA) is 80.7 Å². The molecule has 0 saturated heterocycles. The Balaban J connectivity index is 1.57. The number of nitrogens with zero attached hydrogens (tertiary/aromatic N) is 4. The predicted octanol–water partition coefficient (Wildman–Crippen LogP) is 3.67. The van der Waals surface area contributed by atoms with Crippen LogP contribution in [0.15, 0.2) is 57.3 Å². The number of thioether (sulfide) groups is 1. The number of imidazole rings is 1. The summed E-state index contributed by atoms with van der Waals surface area (Å²) < 4.78 is 33.2. The number of halogens is 1. The Kier molecular flexibility index (Phi) is 4.63. The van der Waals surface area contributed by atoms with Crippen LogP contribution in [-0.2, 0) is 15.8 Å². The number of pyridine rings is 1. The normalized spacial score (nSPS) is 12.4. The van der Waals surface area contributed by atoms with Crippen molar-refractivity contribution in [1.82, 2.24) is 18.7 Å². The van der Waals surface area contributed by atoms with Crippen molar-refractivity contribution in [3.8, 4) is 0 Å². The van der Waals surface area contributed by atoms with E-state index in [9.17, 15) is 8.42 Å². The number of oxazole rings is 1. The quantitative estimate of drug-likeness (QED) is 0.456. The van der Waals surface area contributed by atoms with Gasteiger partial charge >= 0.3 is 0 Å². The van der Waals surface area contributed by atoms with Crippen molar-refractivity contribution in [2.24, 2.45) is 0 Å². The lowest BCUT2D eigenvalue weighted by Gasteiger charge is -2.10. The van der Waals surface area contributed by atoms with Crippen LogP contribution in [0.4, 0.5) is 0 Å². The van der Waals surface area contributed by atoms with Gasteiger partial charge in [-0.2, -0.15) is 0 Å². The van der Waals surface area contributed by atoms with Gasteiger partial charge in [0.15, 0.2) is 5.58 Å². The molecular formula is C17H15ClN4O3S2. The minimum atomic E-state index is -3.51. The van der Waals surface area contributed by atoms with E-state index in [1.54, 1.807) is 18.3 Å². The van der Waals surface area contributed by atoms with Crippen LogP contribution in [0.1, 0.15) is 5.69 Å². The Morgan fingerprint density at radius 3 is 2.78 bits per heavy atom. The van der Waals surface area contributed by atoms with Gasteiger partial charge in [-0.3, -0.25) is 0 Å². The van der Waals surface area contributed by atoms with Crippen molar-refractivity contribution in [2.45, 2.75) is 15.9 Å². The average molecular weight is 423 g/mol. The summed E-state index contributed by atoms with van der Waals surface area (Å²) in [7, 11) is -0.528. The molecule has 1 aromatic carbocycles. The Morgan fingerprint density at radius 2 is 2.00 bits per heavy atom. The summed E-state index contributed by atoms with van der Waals surface area (Å²) in [6.07, 6.45) is 3.70. The predicted molar refractivity (Wildman–Crippen MR) is 105 cm³/mol. The number of aromatic nitrogens is 3. The molecule has 7 nitrogen and oxygen atoms in total. The molecule has 0 aliphatic heterocycles. The Bertz CT molecular complexity index is 1250. The molecule has 0 fully saturated rings. The minimum Gasteiger partial charge on any atom is -0.431 e. The van der Waals surface area contributed by atoms with Gasteiger partial charge in [-0.05, 0) is 30.3 Å². The Morgan fingerprint density at radius 1 is 1.19 bits per heavy atom. The molecule has 4 aromatic rings. The fraction of sp³-hybridized carbons (Fsp3) is 0.176. The standard InChI is InChI=1S/C17H15ClN4O3S2/c1-21(2)27(23,24)13-4-5-15-14(7-13)20-17(25-15)26-10-12-9-22-8-11(18)3-6-16(22)19-12/h3-9H,10H2,1-2H3. The number of sulfonamides is 1. The molecule has 0 aliphatic carbocycles. The number of rotatable bonds is 5. The SMILES string of the molecule is CN(C)S(=O)(=O)c1ccc2oc(SCc3cn4cc(Cl)ccc4n3)nc2c1. The van der Waals surface area contributed by atoms with Crippen molar-refractivity contribution in [2.75, 3.05) is 14.1 Å². The lowest BCUT2D eigenvalue weighted by atomic mass is 10.3. The van der Waals surface area contributed by atoms with Crippen LogP contribution in [0.3, 0.4) is 0 Å². The third-order valence-electron chi connectivity index (χ3n) is 3.93. The molecular weight excluding hydrogens is 408 g/mol. The van der Waals surface area contributed by atoms with Gasteiger partial charge in [0, 0.05) is 32.2 Å². The molecule has 0 saturated carbocycles. The number of fused-ring (bicyclic) bond motifs is 2. The zero-order valence-electron chi connectivity index (χ0n) is 14.5. The highest BCUT2D eigenvalue weighted by Crippen LogP contribution is 2.28. The van der Waals surface area contributed by atoms with Gasteiger partial charge in [0.2, 0.25) is 10.0 Å². The van der Waals surface area contributed by atoms with E-state index in [1.807, 2.05) is 16.7 Å². The van der Waals surface area contributed by atoms with Crippen molar-refractivity contribution in [1.29, 1.82) is 0 Å². The summed E-state index contributed by atoms with van der Waals surface area (Å²) >= 11 is 7.38. The smallest absolute Gasteiger partial charge is 0.257 e. The third kappa shape index (κ3) is 3.55. The van der Waals surface area contributed by atoms with Gasteiger partial charge in [0.05, 0.1) is 15.6 Å². The molecule has 0 radical (unpaired) electrons. The molecule has 0 spiro atoms. The maximum Gasteiger partial charge on any atom is 0.257 e. The van der Waals surface area contributed by atoms with Gasteiger partial charge in [-0.15, -0.1) is 0 Å². The zero-order valence-corrected chi connectivity index (χ0v) is 16.8. The van der Waals surface area contributed by atoms with E-state index in [0.717, 1.165) is 11.3 Å². The van der Waals surface area contributed by atoms with Crippen LogP contribution < -0.4 is 0 Å². The van der Waals surface area contributed by atoms with Crippen molar-refractivity contribution < 1.29 is 12.8 Å². The van der Waals surface area contributed by atoms with E-state index >= 15 is 0 Å². The highest BCUT2D eigenvalue weighted by Gasteiger charge is 2.19. The summed E-state index contributed by atoms with van der Waals surface area (Å²) in [4.78, 5) is 9.09. The summed E-state index contributed by atoms with van der Waals surface area (Å²) in [6.45, 7) is 0. The molecule has 0 N–H and O–H groups in total. The Hall–Kier alpha value is -2.07. The van der Waals surface area contributed by atoms with E-state index in [2.05, 4.69) is 9.97 Å². The molecule has 10 heteroatoms. The second-order valence-electron chi connectivity index (χ2n) is 6.03. The van der Waals surface area contributed by atoms with Gasteiger partial charge < -0.3 is 8.82 Å². The fourth-order valence-corrected chi connectivity index (χ4v) is 4.35. The molecule has 4 rings (SSSR count). The first-order valence-electron chi connectivity index (χ1n) is 7.92. The molecule has 0 bridgehead atoms. The van der Waals surface area contributed by atoms with Crippen LogP contribution in [0.2, 0.25) is 5.02 Å². The number of hydrogen-bond donors (Lipinski definition) is 0. The number of benzene rings is 1. The first-order valence-corrected chi connectivity index (χ1v) is 10.7. The lowest BCUT2D eigenvalue weighted by Crippen LogP contribution is -2.22.